The van der Waals surface area contributed by atoms with E-state index in [1.165, 1.54) is 24.1 Å². The molecule has 1 aliphatic heterocycles. The second-order valence-corrected chi connectivity index (χ2v) is 6.69. The lowest BCUT2D eigenvalue weighted by atomic mass is 10.1. The Bertz CT molecular complexity index is 501. The van der Waals surface area contributed by atoms with E-state index in [4.69, 9.17) is 4.98 Å². The minimum Gasteiger partial charge on any atom is -0.317 e. The van der Waals surface area contributed by atoms with E-state index < -0.39 is 0 Å². The molecule has 0 aliphatic carbocycles. The molecule has 3 rings (SSSR count). The van der Waals surface area contributed by atoms with Crippen molar-refractivity contribution in [2.24, 2.45) is 0 Å². The molecule has 0 aromatic carbocycles. The van der Waals surface area contributed by atoms with Gasteiger partial charge in [0.15, 0.2) is 0 Å². The highest BCUT2D eigenvalue weighted by Gasteiger charge is 2.18. The number of nitrogens with zero attached hydrogens (tertiary/aromatic N) is 2. The van der Waals surface area contributed by atoms with Gasteiger partial charge in [-0.3, -0.25) is 4.90 Å². The van der Waals surface area contributed by atoms with Gasteiger partial charge in [0.25, 0.3) is 0 Å². The van der Waals surface area contributed by atoms with Gasteiger partial charge in [0.05, 0.1) is 5.69 Å². The van der Waals surface area contributed by atoms with Crippen LogP contribution in [0.4, 0.5) is 0 Å². The van der Waals surface area contributed by atoms with Crippen LogP contribution in [0.15, 0.2) is 22.2 Å². The smallest absolute Gasteiger partial charge is 0.124 e. The number of thiophene rings is 1. The Balaban J connectivity index is 1.63. The molecule has 0 bridgehead atoms. The fourth-order valence-corrected chi connectivity index (χ4v) is 4.05. The Morgan fingerprint density at radius 2 is 2.21 bits per heavy atom. The summed E-state index contributed by atoms with van der Waals surface area (Å²) in [5.41, 5.74) is 2.46. The summed E-state index contributed by atoms with van der Waals surface area (Å²) in [6.07, 6.45) is 2.50. The van der Waals surface area contributed by atoms with E-state index in [1.54, 1.807) is 22.7 Å². The summed E-state index contributed by atoms with van der Waals surface area (Å²) in [6.45, 7) is 3.25. The number of nitrogens with one attached hydrogen (secondary N) is 1. The molecule has 2 aromatic rings. The van der Waals surface area contributed by atoms with Gasteiger partial charge in [0.1, 0.15) is 5.01 Å². The summed E-state index contributed by atoms with van der Waals surface area (Å²) in [6, 6.07) is 2.84. The average Bonchev–Trinajstić information content (AvgIpc) is 3.10. The van der Waals surface area contributed by atoms with Gasteiger partial charge in [-0.25, -0.2) is 4.98 Å². The first-order valence-electron chi connectivity index (χ1n) is 6.71. The van der Waals surface area contributed by atoms with Crippen molar-refractivity contribution in [1.82, 2.24) is 15.2 Å². The molecule has 3 heterocycles. The molecule has 0 spiro atoms. The molecular formula is C14H19N3S2. The number of hydrogen-bond donors (Lipinski definition) is 1. The van der Waals surface area contributed by atoms with E-state index in [2.05, 4.69) is 39.5 Å². The standard InChI is InChI=1S/C14H19N3S2/c1-17(13-2-5-15-6-3-13)8-12-10-19-14(16-12)11-4-7-18-9-11/h4,7,9-10,13,15H,2-3,5-6,8H2,1H3. The van der Waals surface area contributed by atoms with Crippen molar-refractivity contribution in [1.29, 1.82) is 0 Å². The van der Waals surface area contributed by atoms with Crippen LogP contribution in [-0.4, -0.2) is 36.1 Å². The Morgan fingerprint density at radius 1 is 1.37 bits per heavy atom. The van der Waals surface area contributed by atoms with Crippen molar-refractivity contribution in [2.75, 3.05) is 20.1 Å². The second-order valence-electron chi connectivity index (χ2n) is 5.05. The van der Waals surface area contributed by atoms with Crippen LogP contribution in [0.2, 0.25) is 0 Å². The maximum absolute atomic E-state index is 4.76. The Kier molecular flexibility index (Phi) is 4.28. The van der Waals surface area contributed by atoms with Crippen LogP contribution >= 0.6 is 22.7 Å². The highest BCUT2D eigenvalue weighted by atomic mass is 32.1. The third-order valence-corrected chi connectivity index (χ3v) is 5.29. The highest BCUT2D eigenvalue weighted by Crippen LogP contribution is 2.26. The number of thiazole rings is 1. The first-order valence-corrected chi connectivity index (χ1v) is 8.53. The lowest BCUT2D eigenvalue weighted by molar-refractivity contribution is 0.190. The molecule has 0 unspecified atom stereocenters. The van der Waals surface area contributed by atoms with Crippen molar-refractivity contribution >= 4 is 22.7 Å². The molecule has 102 valence electrons. The van der Waals surface area contributed by atoms with Gasteiger partial charge >= 0.3 is 0 Å². The van der Waals surface area contributed by atoms with E-state index in [0.29, 0.717) is 6.04 Å². The lowest BCUT2D eigenvalue weighted by Crippen LogP contribution is -2.40. The third-order valence-electron chi connectivity index (χ3n) is 3.66. The lowest BCUT2D eigenvalue weighted by Gasteiger charge is -2.31. The summed E-state index contributed by atoms with van der Waals surface area (Å²) in [7, 11) is 2.22. The summed E-state index contributed by atoms with van der Waals surface area (Å²) < 4.78 is 0. The van der Waals surface area contributed by atoms with Crippen molar-refractivity contribution in [2.45, 2.75) is 25.4 Å². The largest absolute Gasteiger partial charge is 0.317 e. The third kappa shape index (κ3) is 3.23. The van der Waals surface area contributed by atoms with Gasteiger partial charge in [0.2, 0.25) is 0 Å². The molecule has 0 saturated carbocycles. The number of aromatic nitrogens is 1. The van der Waals surface area contributed by atoms with Gasteiger partial charge in [0, 0.05) is 28.9 Å². The molecule has 5 heteroatoms. The molecule has 1 aliphatic rings. The summed E-state index contributed by atoms with van der Waals surface area (Å²) in [5.74, 6) is 0. The Hall–Kier alpha value is -0.750. The quantitative estimate of drug-likeness (QED) is 0.939. The van der Waals surface area contributed by atoms with Crippen LogP contribution in [0.3, 0.4) is 0 Å². The summed E-state index contributed by atoms with van der Waals surface area (Å²) in [4.78, 5) is 7.21. The SMILES string of the molecule is CN(Cc1csc(-c2ccsc2)n1)C1CCNCC1. The molecule has 0 atom stereocenters. The molecule has 1 fully saturated rings. The average molecular weight is 293 g/mol. The van der Waals surface area contributed by atoms with E-state index in [1.807, 2.05) is 0 Å². The van der Waals surface area contributed by atoms with Crippen LogP contribution < -0.4 is 5.32 Å². The molecular weight excluding hydrogens is 274 g/mol. The molecule has 1 saturated heterocycles. The predicted molar refractivity (Wildman–Crippen MR) is 82.8 cm³/mol. The predicted octanol–water partition coefficient (Wildman–Crippen LogP) is 3.06. The number of rotatable bonds is 4. The van der Waals surface area contributed by atoms with Crippen LogP contribution in [0.25, 0.3) is 10.6 Å². The van der Waals surface area contributed by atoms with Gasteiger partial charge in [-0.15, -0.1) is 11.3 Å². The maximum atomic E-state index is 4.76. The normalized spacial score (nSPS) is 17.2. The van der Waals surface area contributed by atoms with Crippen molar-refractivity contribution in [3.63, 3.8) is 0 Å². The zero-order valence-electron chi connectivity index (χ0n) is 11.1. The zero-order valence-corrected chi connectivity index (χ0v) is 12.8. The van der Waals surface area contributed by atoms with Crippen molar-refractivity contribution < 1.29 is 0 Å². The molecule has 1 N–H and O–H groups in total. The van der Waals surface area contributed by atoms with Gasteiger partial charge < -0.3 is 5.32 Å². The minimum absolute atomic E-state index is 0.701. The fourth-order valence-electron chi connectivity index (χ4n) is 2.53. The zero-order chi connectivity index (χ0) is 13.1. The van der Waals surface area contributed by atoms with Crippen molar-refractivity contribution in [3.05, 3.63) is 27.9 Å². The fraction of sp³-hybridized carbons (Fsp3) is 0.500. The minimum atomic E-state index is 0.701. The van der Waals surface area contributed by atoms with Gasteiger partial charge in [-0.05, 0) is 44.4 Å². The molecule has 2 aromatic heterocycles. The molecule has 0 amide bonds. The topological polar surface area (TPSA) is 28.2 Å². The van der Waals surface area contributed by atoms with E-state index in [9.17, 15) is 0 Å². The molecule has 0 radical (unpaired) electrons. The van der Waals surface area contributed by atoms with Crippen LogP contribution in [0.1, 0.15) is 18.5 Å². The highest BCUT2D eigenvalue weighted by molar-refractivity contribution is 7.14. The van der Waals surface area contributed by atoms with Gasteiger partial charge in [-0.2, -0.15) is 11.3 Å². The first-order chi connectivity index (χ1) is 9.33. The molecule has 3 nitrogen and oxygen atoms in total. The van der Waals surface area contributed by atoms with Crippen molar-refractivity contribution in [3.8, 4) is 10.6 Å². The number of hydrogen-bond acceptors (Lipinski definition) is 5. The van der Waals surface area contributed by atoms with Crippen LogP contribution in [0.5, 0.6) is 0 Å². The summed E-state index contributed by atoms with van der Waals surface area (Å²) >= 11 is 3.48. The first kappa shape index (κ1) is 13.2. The van der Waals surface area contributed by atoms with Crippen LogP contribution in [-0.2, 0) is 6.54 Å². The summed E-state index contributed by atoms with van der Waals surface area (Å²) in [5, 5.41) is 11.0. The Morgan fingerprint density at radius 3 is 2.95 bits per heavy atom. The molecule has 19 heavy (non-hydrogen) atoms. The van der Waals surface area contributed by atoms with E-state index in [0.717, 1.165) is 24.6 Å². The second kappa shape index (κ2) is 6.13. The monoisotopic (exact) mass is 293 g/mol. The van der Waals surface area contributed by atoms with Crippen LogP contribution in [0, 0.1) is 0 Å². The van der Waals surface area contributed by atoms with Gasteiger partial charge in [-0.1, -0.05) is 0 Å². The Labute approximate surface area is 122 Å². The maximum Gasteiger partial charge on any atom is 0.124 e. The number of piperidine rings is 1. The van der Waals surface area contributed by atoms with E-state index in [-0.39, 0.29) is 0 Å². The van der Waals surface area contributed by atoms with E-state index >= 15 is 0 Å².